The molecule has 21 heavy (non-hydrogen) atoms. The summed E-state index contributed by atoms with van der Waals surface area (Å²) < 4.78 is 27.7. The van der Waals surface area contributed by atoms with Crippen molar-refractivity contribution < 1.29 is 13.6 Å². The van der Waals surface area contributed by atoms with Crippen molar-refractivity contribution in [1.29, 1.82) is 5.26 Å². The Labute approximate surface area is 136 Å². The van der Waals surface area contributed by atoms with Gasteiger partial charge in [-0.3, -0.25) is 4.79 Å². The Bertz CT molecular complexity index is 736. The zero-order valence-corrected chi connectivity index (χ0v) is 13.6. The predicted octanol–water partition coefficient (Wildman–Crippen LogP) is 4.98. The molecule has 0 saturated carbocycles. The molecule has 1 atom stereocenters. The lowest BCUT2D eigenvalue weighted by atomic mass is 9.92. The minimum Gasteiger partial charge on any atom is -0.292 e. The number of halogens is 4. The SMILES string of the molecule is N#CC(C(=O)c1cc(Br)ccc1Br)c1cc(F)cc(F)c1. The number of benzene rings is 2. The van der Waals surface area contributed by atoms with Crippen LogP contribution in [0.2, 0.25) is 0 Å². The molecule has 0 fully saturated rings. The number of Topliss-reactive ketones (excluding diaryl/α,β-unsaturated/α-hetero) is 1. The Kier molecular flexibility index (Phi) is 4.86. The molecular formula is C15H7Br2F2NO. The highest BCUT2D eigenvalue weighted by Gasteiger charge is 2.24. The molecule has 0 radical (unpaired) electrons. The first-order valence-electron chi connectivity index (χ1n) is 5.77. The largest absolute Gasteiger partial charge is 0.292 e. The highest BCUT2D eigenvalue weighted by molar-refractivity contribution is 9.11. The number of ketones is 1. The first-order valence-corrected chi connectivity index (χ1v) is 7.36. The fraction of sp³-hybridized carbons (Fsp3) is 0.0667. The average Bonchev–Trinajstić information content (AvgIpc) is 2.41. The summed E-state index contributed by atoms with van der Waals surface area (Å²) in [6.45, 7) is 0. The molecule has 0 saturated heterocycles. The van der Waals surface area contributed by atoms with Crippen molar-refractivity contribution in [1.82, 2.24) is 0 Å². The number of rotatable bonds is 3. The Balaban J connectivity index is 2.48. The maximum Gasteiger partial charge on any atom is 0.185 e. The van der Waals surface area contributed by atoms with E-state index in [2.05, 4.69) is 31.9 Å². The van der Waals surface area contributed by atoms with E-state index in [4.69, 9.17) is 0 Å². The molecule has 0 amide bonds. The van der Waals surface area contributed by atoms with Gasteiger partial charge < -0.3 is 0 Å². The third kappa shape index (κ3) is 3.55. The fourth-order valence-electron chi connectivity index (χ4n) is 1.87. The normalized spacial score (nSPS) is 11.8. The molecule has 106 valence electrons. The molecule has 0 spiro atoms. The number of carbonyl (C=O) groups excluding carboxylic acids is 1. The van der Waals surface area contributed by atoms with Gasteiger partial charge in [-0.2, -0.15) is 5.26 Å². The van der Waals surface area contributed by atoms with Crippen molar-refractivity contribution in [3.8, 4) is 6.07 Å². The van der Waals surface area contributed by atoms with E-state index in [0.29, 0.717) is 15.0 Å². The summed E-state index contributed by atoms with van der Waals surface area (Å²) in [5.74, 6) is -3.46. The summed E-state index contributed by atoms with van der Waals surface area (Å²) in [4.78, 5) is 12.5. The summed E-state index contributed by atoms with van der Waals surface area (Å²) in [6.07, 6.45) is 0. The molecule has 2 aromatic carbocycles. The van der Waals surface area contributed by atoms with E-state index in [1.54, 1.807) is 24.3 Å². The predicted molar refractivity (Wildman–Crippen MR) is 80.9 cm³/mol. The molecule has 0 aliphatic rings. The topological polar surface area (TPSA) is 40.9 Å². The van der Waals surface area contributed by atoms with Crippen molar-refractivity contribution in [3.63, 3.8) is 0 Å². The van der Waals surface area contributed by atoms with E-state index in [1.165, 1.54) is 0 Å². The molecule has 0 aliphatic carbocycles. The van der Waals surface area contributed by atoms with Gasteiger partial charge in [-0.05, 0) is 35.9 Å². The summed E-state index contributed by atoms with van der Waals surface area (Å²) in [7, 11) is 0. The number of nitrogens with zero attached hydrogens (tertiary/aromatic N) is 1. The standard InChI is InChI=1S/C15H7Br2F2NO/c16-9-1-2-14(17)12(5-9)15(21)13(7-20)8-3-10(18)6-11(19)4-8/h1-6,13H. The van der Waals surface area contributed by atoms with Crippen LogP contribution < -0.4 is 0 Å². The number of hydrogen-bond donors (Lipinski definition) is 0. The first-order chi connectivity index (χ1) is 9.92. The number of hydrogen-bond acceptors (Lipinski definition) is 2. The van der Waals surface area contributed by atoms with Crippen LogP contribution in [0.5, 0.6) is 0 Å². The third-order valence-electron chi connectivity index (χ3n) is 2.80. The van der Waals surface area contributed by atoms with Crippen LogP contribution in [0.4, 0.5) is 8.78 Å². The smallest absolute Gasteiger partial charge is 0.185 e. The summed E-state index contributed by atoms with van der Waals surface area (Å²) in [5, 5.41) is 9.21. The monoisotopic (exact) mass is 413 g/mol. The Morgan fingerprint density at radius 2 is 1.71 bits per heavy atom. The van der Waals surface area contributed by atoms with Crippen molar-refractivity contribution in [3.05, 3.63) is 68.1 Å². The van der Waals surface area contributed by atoms with Crippen molar-refractivity contribution in [2.45, 2.75) is 5.92 Å². The molecule has 2 nitrogen and oxygen atoms in total. The second-order valence-electron chi connectivity index (χ2n) is 4.25. The molecule has 1 unspecified atom stereocenters. The molecule has 0 aliphatic heterocycles. The van der Waals surface area contributed by atoms with Crippen LogP contribution >= 0.6 is 31.9 Å². The van der Waals surface area contributed by atoms with Gasteiger partial charge in [0.15, 0.2) is 5.78 Å². The van der Waals surface area contributed by atoms with Gasteiger partial charge in [-0.15, -0.1) is 0 Å². The van der Waals surface area contributed by atoms with Gasteiger partial charge in [0, 0.05) is 20.6 Å². The quantitative estimate of drug-likeness (QED) is 0.664. The zero-order chi connectivity index (χ0) is 15.6. The van der Waals surface area contributed by atoms with Crippen LogP contribution in [-0.2, 0) is 0 Å². The van der Waals surface area contributed by atoms with Crippen LogP contribution in [0, 0.1) is 23.0 Å². The van der Waals surface area contributed by atoms with Gasteiger partial charge in [-0.25, -0.2) is 8.78 Å². The minimum absolute atomic E-state index is 0.00752. The molecular weight excluding hydrogens is 408 g/mol. The lowest BCUT2D eigenvalue weighted by Crippen LogP contribution is -2.12. The second-order valence-corrected chi connectivity index (χ2v) is 6.02. The van der Waals surface area contributed by atoms with E-state index in [0.717, 1.165) is 12.1 Å². The van der Waals surface area contributed by atoms with E-state index in [1.807, 2.05) is 0 Å². The van der Waals surface area contributed by atoms with Gasteiger partial charge in [0.2, 0.25) is 0 Å². The maximum atomic E-state index is 13.3. The van der Waals surface area contributed by atoms with Gasteiger partial charge in [0.25, 0.3) is 0 Å². The molecule has 0 N–H and O–H groups in total. The highest BCUT2D eigenvalue weighted by Crippen LogP contribution is 2.28. The van der Waals surface area contributed by atoms with Gasteiger partial charge in [0.1, 0.15) is 17.6 Å². The van der Waals surface area contributed by atoms with Crippen LogP contribution in [-0.4, -0.2) is 5.78 Å². The molecule has 0 aromatic heterocycles. The van der Waals surface area contributed by atoms with E-state index in [-0.39, 0.29) is 11.1 Å². The minimum atomic E-state index is -1.28. The van der Waals surface area contributed by atoms with Crippen molar-refractivity contribution in [2.24, 2.45) is 0 Å². The first kappa shape index (κ1) is 15.8. The Morgan fingerprint density at radius 3 is 2.29 bits per heavy atom. The zero-order valence-electron chi connectivity index (χ0n) is 10.4. The maximum absolute atomic E-state index is 13.3. The van der Waals surface area contributed by atoms with Crippen LogP contribution in [0.1, 0.15) is 21.8 Å². The van der Waals surface area contributed by atoms with Crippen LogP contribution in [0.3, 0.4) is 0 Å². The number of carbonyl (C=O) groups is 1. The van der Waals surface area contributed by atoms with Crippen molar-refractivity contribution in [2.75, 3.05) is 0 Å². The Hall–Kier alpha value is -1.58. The molecule has 0 bridgehead atoms. The summed E-state index contributed by atoms with van der Waals surface area (Å²) in [6, 6.07) is 9.39. The molecule has 2 rings (SSSR count). The fourth-order valence-corrected chi connectivity index (χ4v) is 2.67. The Morgan fingerprint density at radius 1 is 1.10 bits per heavy atom. The van der Waals surface area contributed by atoms with Crippen LogP contribution in [0.15, 0.2) is 45.3 Å². The van der Waals surface area contributed by atoms with Crippen LogP contribution in [0.25, 0.3) is 0 Å². The van der Waals surface area contributed by atoms with E-state index >= 15 is 0 Å². The number of nitriles is 1. The van der Waals surface area contributed by atoms with E-state index < -0.39 is 23.3 Å². The van der Waals surface area contributed by atoms with Gasteiger partial charge in [-0.1, -0.05) is 31.9 Å². The van der Waals surface area contributed by atoms with Gasteiger partial charge >= 0.3 is 0 Å². The molecule has 0 heterocycles. The van der Waals surface area contributed by atoms with Gasteiger partial charge in [0.05, 0.1) is 6.07 Å². The molecule has 6 heteroatoms. The van der Waals surface area contributed by atoms with Crippen molar-refractivity contribution >= 4 is 37.6 Å². The summed E-state index contributed by atoms with van der Waals surface area (Å²) in [5.41, 5.74) is 0.257. The second kappa shape index (κ2) is 6.46. The van der Waals surface area contributed by atoms with E-state index in [9.17, 15) is 18.8 Å². The summed E-state index contributed by atoms with van der Waals surface area (Å²) >= 11 is 6.47. The molecule has 2 aromatic rings. The third-order valence-corrected chi connectivity index (χ3v) is 3.99. The highest BCUT2D eigenvalue weighted by atomic mass is 79.9. The lowest BCUT2D eigenvalue weighted by molar-refractivity contribution is 0.0978. The average molecular weight is 415 g/mol. The lowest BCUT2D eigenvalue weighted by Gasteiger charge is -2.11.